The minimum absolute atomic E-state index is 0.0230. The number of aliphatic hydroxyl groups is 1. The molecule has 2 aliphatic rings. The summed E-state index contributed by atoms with van der Waals surface area (Å²) in [5.74, 6) is 1.14. The molecule has 4 nitrogen and oxygen atoms in total. The summed E-state index contributed by atoms with van der Waals surface area (Å²) >= 11 is 0. The van der Waals surface area contributed by atoms with Gasteiger partial charge in [0.25, 0.3) is 0 Å². The standard InChI is InChI=1S/C26H31NO3/c28-17-23(15-19-7-3-1-4-8-19)27-26(29)25-22-12-11-21(16-22)24(25)13-14-30-18-20-9-5-2-6-10-20/h1-12,21-25,28H,13-18H2,(H,27,29)/t21-,22+,23+,24-,25-/m1/s1. The highest BCUT2D eigenvalue weighted by Gasteiger charge is 2.47. The third-order valence-electron chi connectivity index (χ3n) is 6.52. The molecule has 2 N–H and O–H groups in total. The molecule has 1 amide bonds. The number of aliphatic hydroxyl groups excluding tert-OH is 1. The fourth-order valence-electron chi connectivity index (χ4n) is 5.05. The van der Waals surface area contributed by atoms with Gasteiger partial charge in [0.2, 0.25) is 5.91 Å². The highest BCUT2D eigenvalue weighted by atomic mass is 16.5. The van der Waals surface area contributed by atoms with Crippen molar-refractivity contribution < 1.29 is 14.6 Å². The van der Waals surface area contributed by atoms with Gasteiger partial charge in [-0.15, -0.1) is 0 Å². The summed E-state index contributed by atoms with van der Waals surface area (Å²) in [7, 11) is 0. The smallest absolute Gasteiger partial charge is 0.224 e. The van der Waals surface area contributed by atoms with Crippen LogP contribution < -0.4 is 5.32 Å². The lowest BCUT2D eigenvalue weighted by Crippen LogP contribution is -2.45. The Hall–Kier alpha value is -2.43. The molecule has 158 valence electrons. The van der Waals surface area contributed by atoms with Crippen molar-refractivity contribution in [2.45, 2.75) is 31.9 Å². The molecule has 0 heterocycles. The number of nitrogens with one attached hydrogen (secondary N) is 1. The lowest BCUT2D eigenvalue weighted by molar-refractivity contribution is -0.128. The van der Waals surface area contributed by atoms with E-state index in [4.69, 9.17) is 4.74 Å². The Morgan fingerprint density at radius 1 is 1.00 bits per heavy atom. The molecule has 2 aromatic carbocycles. The Kier molecular flexibility index (Phi) is 6.98. The van der Waals surface area contributed by atoms with Gasteiger partial charge in [-0.25, -0.2) is 0 Å². The van der Waals surface area contributed by atoms with E-state index < -0.39 is 0 Å². The average Bonchev–Trinajstić information content (AvgIpc) is 3.39. The number of hydrogen-bond acceptors (Lipinski definition) is 3. The van der Waals surface area contributed by atoms with Gasteiger partial charge in [0.1, 0.15) is 0 Å². The van der Waals surface area contributed by atoms with E-state index in [0.717, 1.165) is 18.4 Å². The molecule has 2 aliphatic carbocycles. The number of rotatable bonds is 10. The summed E-state index contributed by atoms with van der Waals surface area (Å²) in [6, 6.07) is 19.9. The highest BCUT2D eigenvalue weighted by Crippen LogP contribution is 2.49. The zero-order valence-electron chi connectivity index (χ0n) is 17.3. The Morgan fingerprint density at radius 2 is 1.67 bits per heavy atom. The molecule has 1 fully saturated rings. The van der Waals surface area contributed by atoms with Gasteiger partial charge >= 0.3 is 0 Å². The molecule has 4 heteroatoms. The monoisotopic (exact) mass is 405 g/mol. The van der Waals surface area contributed by atoms with Crippen molar-refractivity contribution in [3.05, 3.63) is 83.9 Å². The van der Waals surface area contributed by atoms with Gasteiger partial charge in [-0.05, 0) is 48.1 Å². The summed E-state index contributed by atoms with van der Waals surface area (Å²) < 4.78 is 5.90. The van der Waals surface area contributed by atoms with Crippen molar-refractivity contribution in [2.24, 2.45) is 23.7 Å². The van der Waals surface area contributed by atoms with Crippen LogP contribution in [0.15, 0.2) is 72.8 Å². The van der Waals surface area contributed by atoms with Crippen LogP contribution in [0, 0.1) is 23.7 Å². The summed E-state index contributed by atoms with van der Waals surface area (Å²) in [4.78, 5) is 13.2. The van der Waals surface area contributed by atoms with E-state index in [9.17, 15) is 9.90 Å². The summed E-state index contributed by atoms with van der Waals surface area (Å²) in [5, 5.41) is 12.9. The van der Waals surface area contributed by atoms with Crippen LogP contribution in [0.1, 0.15) is 24.0 Å². The first-order valence-electron chi connectivity index (χ1n) is 11.0. The molecule has 4 rings (SSSR count). The molecule has 0 unspecified atom stereocenters. The number of carbonyl (C=O) groups excluding carboxylic acids is 1. The number of ether oxygens (including phenoxy) is 1. The largest absolute Gasteiger partial charge is 0.394 e. The summed E-state index contributed by atoms with van der Waals surface area (Å²) in [5.41, 5.74) is 2.29. The fraction of sp³-hybridized carbons (Fsp3) is 0.423. The number of carbonyl (C=O) groups is 1. The van der Waals surface area contributed by atoms with E-state index in [0.29, 0.717) is 37.4 Å². The number of benzene rings is 2. The zero-order valence-corrected chi connectivity index (χ0v) is 17.3. The number of amides is 1. The fourth-order valence-corrected chi connectivity index (χ4v) is 5.05. The minimum atomic E-state index is -0.252. The molecule has 0 aromatic heterocycles. The third kappa shape index (κ3) is 5.00. The lowest BCUT2D eigenvalue weighted by Gasteiger charge is -2.29. The number of fused-ring (bicyclic) bond motifs is 2. The molecular weight excluding hydrogens is 374 g/mol. The van der Waals surface area contributed by atoms with Crippen molar-refractivity contribution >= 4 is 5.91 Å². The second-order valence-electron chi connectivity index (χ2n) is 8.54. The van der Waals surface area contributed by atoms with Crippen LogP contribution >= 0.6 is 0 Å². The van der Waals surface area contributed by atoms with Crippen LogP contribution in [0.2, 0.25) is 0 Å². The number of hydrogen-bond donors (Lipinski definition) is 2. The topological polar surface area (TPSA) is 58.6 Å². The minimum Gasteiger partial charge on any atom is -0.394 e. The van der Waals surface area contributed by atoms with E-state index in [1.165, 1.54) is 5.56 Å². The highest BCUT2D eigenvalue weighted by molar-refractivity contribution is 5.80. The predicted octanol–water partition coefficient (Wildman–Crippen LogP) is 3.75. The summed E-state index contributed by atoms with van der Waals surface area (Å²) in [6.45, 7) is 1.22. The van der Waals surface area contributed by atoms with Crippen molar-refractivity contribution in [3.8, 4) is 0 Å². The molecular formula is C26H31NO3. The van der Waals surface area contributed by atoms with Gasteiger partial charge in [-0.2, -0.15) is 0 Å². The maximum Gasteiger partial charge on any atom is 0.224 e. The SMILES string of the molecule is O=C(N[C@H](CO)Cc1ccccc1)[C@H]1[C@H](CCOCc2ccccc2)[C@@H]2C=C[C@H]1C2. The van der Waals surface area contributed by atoms with Crippen LogP contribution in [-0.4, -0.2) is 30.3 Å². The molecule has 0 radical (unpaired) electrons. The van der Waals surface area contributed by atoms with Crippen LogP contribution in [0.25, 0.3) is 0 Å². The Bertz CT molecular complexity index is 836. The van der Waals surface area contributed by atoms with Gasteiger partial charge < -0.3 is 15.2 Å². The third-order valence-corrected chi connectivity index (χ3v) is 6.52. The van der Waals surface area contributed by atoms with Gasteiger partial charge in [-0.1, -0.05) is 72.8 Å². The molecule has 2 aromatic rings. The maximum atomic E-state index is 13.2. The van der Waals surface area contributed by atoms with Gasteiger partial charge in [-0.3, -0.25) is 4.79 Å². The van der Waals surface area contributed by atoms with E-state index >= 15 is 0 Å². The molecule has 5 atom stereocenters. The van der Waals surface area contributed by atoms with Gasteiger partial charge in [0.15, 0.2) is 0 Å². The molecule has 2 bridgehead atoms. The molecule has 1 saturated carbocycles. The molecule has 0 saturated heterocycles. The first kappa shape index (κ1) is 20.8. The van der Waals surface area contributed by atoms with Crippen molar-refractivity contribution in [1.29, 1.82) is 0 Å². The molecule has 0 aliphatic heterocycles. The normalized spacial score (nSPS) is 25.4. The van der Waals surface area contributed by atoms with E-state index in [2.05, 4.69) is 29.6 Å². The van der Waals surface area contributed by atoms with Crippen LogP contribution in [-0.2, 0) is 22.6 Å². The second kappa shape index (κ2) is 10.1. The van der Waals surface area contributed by atoms with E-state index in [-0.39, 0.29) is 24.5 Å². The Morgan fingerprint density at radius 3 is 2.37 bits per heavy atom. The predicted molar refractivity (Wildman–Crippen MR) is 118 cm³/mol. The Labute approximate surface area is 179 Å². The van der Waals surface area contributed by atoms with E-state index in [1.54, 1.807) is 0 Å². The molecule has 30 heavy (non-hydrogen) atoms. The first-order chi connectivity index (χ1) is 14.7. The van der Waals surface area contributed by atoms with Crippen molar-refractivity contribution in [1.82, 2.24) is 5.32 Å². The maximum absolute atomic E-state index is 13.2. The lowest BCUT2D eigenvalue weighted by atomic mass is 9.80. The van der Waals surface area contributed by atoms with Crippen LogP contribution in [0.3, 0.4) is 0 Å². The first-order valence-corrected chi connectivity index (χ1v) is 11.0. The zero-order chi connectivity index (χ0) is 20.8. The summed E-state index contributed by atoms with van der Waals surface area (Å²) in [6.07, 6.45) is 7.08. The van der Waals surface area contributed by atoms with Gasteiger partial charge in [0, 0.05) is 12.5 Å². The second-order valence-corrected chi connectivity index (χ2v) is 8.54. The van der Waals surface area contributed by atoms with E-state index in [1.807, 2.05) is 48.5 Å². The van der Waals surface area contributed by atoms with Crippen LogP contribution in [0.4, 0.5) is 0 Å². The van der Waals surface area contributed by atoms with Crippen molar-refractivity contribution in [2.75, 3.05) is 13.2 Å². The number of allylic oxidation sites excluding steroid dienone is 2. The molecule has 0 spiro atoms. The van der Waals surface area contributed by atoms with Gasteiger partial charge in [0.05, 0.1) is 19.3 Å². The van der Waals surface area contributed by atoms with Crippen LogP contribution in [0.5, 0.6) is 0 Å². The quantitative estimate of drug-likeness (QED) is 0.468. The average molecular weight is 406 g/mol. The Balaban J connectivity index is 1.31. The van der Waals surface area contributed by atoms with Crippen molar-refractivity contribution in [3.63, 3.8) is 0 Å².